The third-order valence-corrected chi connectivity index (χ3v) is 3.83. The van der Waals surface area contributed by atoms with Crippen LogP contribution in [0.25, 0.3) is 0 Å². The number of rotatable bonds is 8. The highest BCUT2D eigenvalue weighted by Crippen LogP contribution is 2.21. The Morgan fingerprint density at radius 1 is 0.931 bits per heavy atom. The van der Waals surface area contributed by atoms with Gasteiger partial charge in [0.25, 0.3) is 5.91 Å². The zero-order chi connectivity index (χ0) is 20.5. The molecule has 3 rings (SSSR count). The van der Waals surface area contributed by atoms with E-state index in [4.69, 9.17) is 14.2 Å². The molecule has 1 amide bonds. The smallest absolute Gasteiger partial charge is 0.342 e. The highest BCUT2D eigenvalue weighted by atomic mass is 16.5. The van der Waals surface area contributed by atoms with Crippen LogP contribution in [0, 0.1) is 0 Å². The maximum atomic E-state index is 12.4. The molecule has 0 spiro atoms. The molecular weight excluding hydrogens is 372 g/mol. The van der Waals surface area contributed by atoms with Crippen LogP contribution >= 0.6 is 0 Å². The van der Waals surface area contributed by atoms with E-state index in [2.05, 4.69) is 10.3 Å². The van der Waals surface area contributed by atoms with Gasteiger partial charge in [0.2, 0.25) is 0 Å². The van der Waals surface area contributed by atoms with E-state index in [1.807, 2.05) is 42.5 Å². The standard InChI is InChI=1S/C22H20N2O5/c1-27-15-20(25)24-21-19(8-5-13-23-21)22(26)28-14-16-9-11-18(12-10-16)29-17-6-3-2-4-7-17/h2-13H,14-15H2,1H3,(H,23,24,25). The maximum Gasteiger partial charge on any atom is 0.342 e. The van der Waals surface area contributed by atoms with Crippen molar-refractivity contribution in [2.45, 2.75) is 6.61 Å². The Morgan fingerprint density at radius 3 is 2.38 bits per heavy atom. The first-order chi connectivity index (χ1) is 14.2. The molecule has 0 atom stereocenters. The molecule has 148 valence electrons. The number of para-hydroxylation sites is 1. The lowest BCUT2D eigenvalue weighted by atomic mass is 10.2. The van der Waals surface area contributed by atoms with Crippen LogP contribution in [-0.4, -0.2) is 30.6 Å². The predicted molar refractivity (Wildman–Crippen MR) is 107 cm³/mol. The van der Waals surface area contributed by atoms with E-state index in [0.29, 0.717) is 5.75 Å². The van der Waals surface area contributed by atoms with Crippen molar-refractivity contribution in [3.05, 3.63) is 84.1 Å². The number of carbonyl (C=O) groups is 2. The molecule has 1 heterocycles. The number of benzene rings is 2. The van der Waals surface area contributed by atoms with Gasteiger partial charge in [0.15, 0.2) is 0 Å². The van der Waals surface area contributed by atoms with Crippen molar-refractivity contribution < 1.29 is 23.8 Å². The van der Waals surface area contributed by atoms with E-state index in [1.54, 1.807) is 18.2 Å². The van der Waals surface area contributed by atoms with Gasteiger partial charge >= 0.3 is 5.97 Å². The van der Waals surface area contributed by atoms with Crippen molar-refractivity contribution in [3.63, 3.8) is 0 Å². The average Bonchev–Trinajstić information content (AvgIpc) is 2.74. The van der Waals surface area contributed by atoms with Crippen molar-refractivity contribution in [3.8, 4) is 11.5 Å². The van der Waals surface area contributed by atoms with Gasteiger partial charge in [0.05, 0.1) is 0 Å². The number of ether oxygens (including phenoxy) is 3. The molecule has 0 aliphatic rings. The topological polar surface area (TPSA) is 86.8 Å². The average molecular weight is 392 g/mol. The van der Waals surface area contributed by atoms with Gasteiger partial charge in [-0.3, -0.25) is 4.79 Å². The Balaban J connectivity index is 1.59. The first kappa shape index (κ1) is 20.0. The van der Waals surface area contributed by atoms with Crippen LogP contribution in [0.1, 0.15) is 15.9 Å². The summed E-state index contributed by atoms with van der Waals surface area (Å²) in [4.78, 5) is 28.1. The monoisotopic (exact) mass is 392 g/mol. The fraction of sp³-hybridized carbons (Fsp3) is 0.136. The lowest BCUT2D eigenvalue weighted by molar-refractivity contribution is -0.119. The predicted octanol–water partition coefficient (Wildman–Crippen LogP) is 3.82. The summed E-state index contributed by atoms with van der Waals surface area (Å²) in [6.45, 7) is -0.0622. The number of aromatic nitrogens is 1. The van der Waals surface area contributed by atoms with E-state index in [0.717, 1.165) is 11.3 Å². The SMILES string of the molecule is COCC(=O)Nc1ncccc1C(=O)OCc1ccc(Oc2ccccc2)cc1. The van der Waals surface area contributed by atoms with E-state index in [-0.39, 0.29) is 24.6 Å². The first-order valence-electron chi connectivity index (χ1n) is 8.88. The molecule has 3 aromatic rings. The lowest BCUT2D eigenvalue weighted by Crippen LogP contribution is -2.20. The van der Waals surface area contributed by atoms with Gasteiger partial charge < -0.3 is 19.5 Å². The van der Waals surface area contributed by atoms with Crippen LogP contribution in [0.3, 0.4) is 0 Å². The summed E-state index contributed by atoms with van der Waals surface area (Å²) < 4.78 is 15.8. The number of nitrogens with one attached hydrogen (secondary N) is 1. The van der Waals surface area contributed by atoms with Gasteiger partial charge in [-0.25, -0.2) is 9.78 Å². The van der Waals surface area contributed by atoms with E-state index in [9.17, 15) is 9.59 Å². The summed E-state index contributed by atoms with van der Waals surface area (Å²) in [7, 11) is 1.41. The fourth-order valence-corrected chi connectivity index (χ4v) is 2.47. The maximum absolute atomic E-state index is 12.4. The van der Waals surface area contributed by atoms with Crippen LogP contribution in [0.4, 0.5) is 5.82 Å². The number of hydrogen-bond donors (Lipinski definition) is 1. The molecular formula is C22H20N2O5. The number of esters is 1. The third-order valence-electron chi connectivity index (χ3n) is 3.83. The second-order valence-corrected chi connectivity index (χ2v) is 6.02. The van der Waals surface area contributed by atoms with Crippen LogP contribution in [-0.2, 0) is 20.9 Å². The van der Waals surface area contributed by atoms with Crippen molar-refractivity contribution in [2.24, 2.45) is 0 Å². The molecule has 1 aromatic heterocycles. The largest absolute Gasteiger partial charge is 0.457 e. The molecule has 0 saturated carbocycles. The number of carbonyl (C=O) groups excluding carboxylic acids is 2. The van der Waals surface area contributed by atoms with Gasteiger partial charge in [-0.2, -0.15) is 0 Å². The summed E-state index contributed by atoms with van der Waals surface area (Å²) in [6, 6.07) is 19.8. The van der Waals surface area contributed by atoms with Gasteiger partial charge in [0, 0.05) is 13.3 Å². The Kier molecular flexibility index (Phi) is 6.91. The van der Waals surface area contributed by atoms with Crippen LogP contribution in [0.15, 0.2) is 72.9 Å². The third kappa shape index (κ3) is 5.88. The molecule has 0 radical (unpaired) electrons. The molecule has 1 N–H and O–H groups in total. The Bertz CT molecular complexity index is 958. The van der Waals surface area contributed by atoms with Gasteiger partial charge in [0.1, 0.15) is 36.1 Å². The van der Waals surface area contributed by atoms with Gasteiger partial charge in [-0.1, -0.05) is 30.3 Å². The molecule has 0 saturated heterocycles. The zero-order valence-corrected chi connectivity index (χ0v) is 15.8. The van der Waals surface area contributed by atoms with Crippen LogP contribution in [0.5, 0.6) is 11.5 Å². The van der Waals surface area contributed by atoms with Gasteiger partial charge in [-0.15, -0.1) is 0 Å². The summed E-state index contributed by atoms with van der Waals surface area (Å²) in [5.41, 5.74) is 0.966. The van der Waals surface area contributed by atoms with E-state index >= 15 is 0 Å². The minimum Gasteiger partial charge on any atom is -0.457 e. The molecule has 0 fully saturated rings. The summed E-state index contributed by atoms with van der Waals surface area (Å²) >= 11 is 0. The minimum absolute atomic E-state index is 0.0742. The zero-order valence-electron chi connectivity index (χ0n) is 15.8. The minimum atomic E-state index is -0.588. The van der Waals surface area contributed by atoms with E-state index in [1.165, 1.54) is 19.4 Å². The summed E-state index contributed by atoms with van der Waals surface area (Å²) in [5, 5.41) is 2.53. The number of methoxy groups -OCH3 is 1. The quantitative estimate of drug-likeness (QED) is 0.587. The van der Waals surface area contributed by atoms with Crippen molar-refractivity contribution in [1.82, 2.24) is 4.98 Å². The molecule has 0 aliphatic carbocycles. The number of hydrogen-bond acceptors (Lipinski definition) is 6. The summed E-state index contributed by atoms with van der Waals surface area (Å²) in [5.74, 6) is 0.559. The summed E-state index contributed by atoms with van der Waals surface area (Å²) in [6.07, 6.45) is 1.48. The first-order valence-corrected chi connectivity index (χ1v) is 8.88. The highest BCUT2D eigenvalue weighted by Gasteiger charge is 2.16. The molecule has 7 heteroatoms. The number of anilines is 1. The second-order valence-electron chi connectivity index (χ2n) is 6.02. The number of nitrogens with zero attached hydrogens (tertiary/aromatic N) is 1. The highest BCUT2D eigenvalue weighted by molar-refractivity contribution is 6.00. The van der Waals surface area contributed by atoms with Crippen molar-refractivity contribution in [2.75, 3.05) is 19.0 Å². The molecule has 29 heavy (non-hydrogen) atoms. The molecule has 2 aromatic carbocycles. The Hall–Kier alpha value is -3.71. The molecule has 0 aliphatic heterocycles. The van der Waals surface area contributed by atoms with Crippen LogP contribution in [0.2, 0.25) is 0 Å². The molecule has 0 unspecified atom stereocenters. The molecule has 0 bridgehead atoms. The van der Waals surface area contributed by atoms with Crippen molar-refractivity contribution in [1.29, 1.82) is 0 Å². The normalized spacial score (nSPS) is 10.2. The lowest BCUT2D eigenvalue weighted by Gasteiger charge is -2.10. The van der Waals surface area contributed by atoms with Gasteiger partial charge in [-0.05, 0) is 42.0 Å². The molecule has 7 nitrogen and oxygen atoms in total. The Labute approximate surface area is 168 Å². The Morgan fingerprint density at radius 2 is 1.66 bits per heavy atom. The van der Waals surface area contributed by atoms with Crippen molar-refractivity contribution >= 4 is 17.7 Å². The number of pyridine rings is 1. The fourth-order valence-electron chi connectivity index (χ4n) is 2.47. The second kappa shape index (κ2) is 10.0. The number of amides is 1. The van der Waals surface area contributed by atoms with E-state index < -0.39 is 11.9 Å². The van der Waals surface area contributed by atoms with Crippen LogP contribution < -0.4 is 10.1 Å².